The third kappa shape index (κ3) is 2.59. The lowest BCUT2D eigenvalue weighted by Gasteiger charge is -2.12. The van der Waals surface area contributed by atoms with E-state index in [0.717, 1.165) is 5.69 Å². The van der Waals surface area contributed by atoms with Gasteiger partial charge in [-0.1, -0.05) is 6.07 Å². The first-order chi connectivity index (χ1) is 9.56. The standard InChI is InChI=1S/C14H17N3O3/c1-9-8-12(17(2)16-9)15-14(18)13-10(19-3)6-5-7-11(13)20-4/h5-8H,1-4H3,(H,15,18). The molecule has 0 fully saturated rings. The van der Waals surface area contributed by atoms with Crippen LogP contribution in [0.4, 0.5) is 5.82 Å². The lowest BCUT2D eigenvalue weighted by Crippen LogP contribution is -2.16. The van der Waals surface area contributed by atoms with Gasteiger partial charge in [0.15, 0.2) is 0 Å². The number of methoxy groups -OCH3 is 2. The number of ether oxygens (including phenoxy) is 2. The first kappa shape index (κ1) is 13.9. The van der Waals surface area contributed by atoms with Crippen molar-refractivity contribution < 1.29 is 14.3 Å². The Balaban J connectivity index is 2.36. The lowest BCUT2D eigenvalue weighted by atomic mass is 10.1. The molecule has 1 N–H and O–H groups in total. The summed E-state index contributed by atoms with van der Waals surface area (Å²) >= 11 is 0. The second-order valence-corrected chi connectivity index (χ2v) is 4.29. The average Bonchev–Trinajstić information content (AvgIpc) is 2.75. The lowest BCUT2D eigenvalue weighted by molar-refractivity contribution is 0.102. The highest BCUT2D eigenvalue weighted by atomic mass is 16.5. The third-order valence-electron chi connectivity index (χ3n) is 2.90. The highest BCUT2D eigenvalue weighted by Gasteiger charge is 2.19. The molecule has 1 amide bonds. The molecule has 0 saturated carbocycles. The quantitative estimate of drug-likeness (QED) is 0.926. The molecule has 6 heteroatoms. The zero-order valence-electron chi connectivity index (χ0n) is 11.9. The predicted octanol–water partition coefficient (Wildman–Crippen LogP) is 2.00. The van der Waals surface area contributed by atoms with Crippen LogP contribution in [0.15, 0.2) is 24.3 Å². The predicted molar refractivity (Wildman–Crippen MR) is 75.4 cm³/mol. The second kappa shape index (κ2) is 5.64. The van der Waals surface area contributed by atoms with Crippen LogP contribution in [-0.2, 0) is 7.05 Å². The summed E-state index contributed by atoms with van der Waals surface area (Å²) in [5, 5.41) is 6.98. The zero-order valence-corrected chi connectivity index (χ0v) is 11.9. The maximum Gasteiger partial charge on any atom is 0.264 e. The first-order valence-corrected chi connectivity index (χ1v) is 6.09. The van der Waals surface area contributed by atoms with E-state index in [1.165, 1.54) is 14.2 Å². The van der Waals surface area contributed by atoms with Crippen molar-refractivity contribution in [3.63, 3.8) is 0 Å². The van der Waals surface area contributed by atoms with E-state index in [0.29, 0.717) is 22.9 Å². The summed E-state index contributed by atoms with van der Waals surface area (Å²) in [6.07, 6.45) is 0. The Kier molecular flexibility index (Phi) is 3.93. The number of carbonyl (C=O) groups is 1. The van der Waals surface area contributed by atoms with Crippen LogP contribution < -0.4 is 14.8 Å². The monoisotopic (exact) mass is 275 g/mol. The Bertz CT molecular complexity index is 612. The van der Waals surface area contributed by atoms with Gasteiger partial charge >= 0.3 is 0 Å². The molecule has 0 saturated heterocycles. The maximum absolute atomic E-state index is 12.4. The van der Waals surface area contributed by atoms with E-state index in [9.17, 15) is 4.79 Å². The number of nitrogens with one attached hydrogen (secondary N) is 1. The molecule has 0 bridgehead atoms. The van der Waals surface area contributed by atoms with Crippen LogP contribution in [0.25, 0.3) is 0 Å². The van der Waals surface area contributed by atoms with Crippen molar-refractivity contribution in [3.8, 4) is 11.5 Å². The van der Waals surface area contributed by atoms with Crippen molar-refractivity contribution in [2.24, 2.45) is 7.05 Å². The van der Waals surface area contributed by atoms with Gasteiger partial charge in [-0.25, -0.2) is 0 Å². The van der Waals surface area contributed by atoms with Gasteiger partial charge in [0.1, 0.15) is 22.9 Å². The Morgan fingerprint density at radius 2 is 1.85 bits per heavy atom. The number of aromatic nitrogens is 2. The fraction of sp³-hybridized carbons (Fsp3) is 0.286. The molecular formula is C14H17N3O3. The molecular weight excluding hydrogens is 258 g/mol. The summed E-state index contributed by atoms with van der Waals surface area (Å²) in [6.45, 7) is 1.86. The SMILES string of the molecule is COc1cccc(OC)c1C(=O)Nc1cc(C)nn1C. The molecule has 6 nitrogen and oxygen atoms in total. The van der Waals surface area contributed by atoms with Gasteiger partial charge in [-0.2, -0.15) is 5.10 Å². The van der Waals surface area contributed by atoms with Crippen molar-refractivity contribution in [1.29, 1.82) is 0 Å². The molecule has 0 spiro atoms. The first-order valence-electron chi connectivity index (χ1n) is 6.09. The normalized spacial score (nSPS) is 10.2. The van der Waals surface area contributed by atoms with Crippen LogP contribution in [0.2, 0.25) is 0 Å². The van der Waals surface area contributed by atoms with E-state index in [1.807, 2.05) is 6.92 Å². The number of benzene rings is 1. The Morgan fingerprint density at radius 1 is 1.25 bits per heavy atom. The minimum Gasteiger partial charge on any atom is -0.496 e. The number of amides is 1. The van der Waals surface area contributed by atoms with Gasteiger partial charge in [0.05, 0.1) is 19.9 Å². The highest BCUT2D eigenvalue weighted by Crippen LogP contribution is 2.29. The van der Waals surface area contributed by atoms with E-state index < -0.39 is 0 Å². The van der Waals surface area contributed by atoms with E-state index in [1.54, 1.807) is 36.0 Å². The van der Waals surface area contributed by atoms with Crippen molar-refractivity contribution in [2.45, 2.75) is 6.92 Å². The molecule has 2 aromatic rings. The number of rotatable bonds is 4. The molecule has 2 rings (SSSR count). The van der Waals surface area contributed by atoms with Crippen LogP contribution in [-0.4, -0.2) is 29.9 Å². The molecule has 0 aliphatic rings. The fourth-order valence-electron chi connectivity index (χ4n) is 1.98. The Labute approximate surface area is 117 Å². The van der Waals surface area contributed by atoms with Crippen LogP contribution >= 0.6 is 0 Å². The number of aryl methyl sites for hydroxylation is 2. The zero-order chi connectivity index (χ0) is 14.7. The Hall–Kier alpha value is -2.50. The average molecular weight is 275 g/mol. The molecule has 0 unspecified atom stereocenters. The third-order valence-corrected chi connectivity index (χ3v) is 2.90. The van der Waals surface area contributed by atoms with Gasteiger partial charge in [-0.05, 0) is 19.1 Å². The largest absolute Gasteiger partial charge is 0.496 e. The van der Waals surface area contributed by atoms with Gasteiger partial charge in [0, 0.05) is 13.1 Å². The van der Waals surface area contributed by atoms with Gasteiger partial charge < -0.3 is 14.8 Å². The molecule has 0 atom stereocenters. The summed E-state index contributed by atoms with van der Waals surface area (Å²) in [4.78, 5) is 12.4. The number of nitrogens with zero attached hydrogens (tertiary/aromatic N) is 2. The molecule has 106 valence electrons. The van der Waals surface area contributed by atoms with Crippen molar-refractivity contribution in [1.82, 2.24) is 9.78 Å². The maximum atomic E-state index is 12.4. The minimum absolute atomic E-state index is 0.303. The summed E-state index contributed by atoms with van der Waals surface area (Å²) in [7, 11) is 4.79. The second-order valence-electron chi connectivity index (χ2n) is 4.29. The van der Waals surface area contributed by atoms with Crippen LogP contribution in [0, 0.1) is 6.92 Å². The van der Waals surface area contributed by atoms with Crippen LogP contribution in [0.1, 0.15) is 16.1 Å². The number of carbonyl (C=O) groups excluding carboxylic acids is 1. The summed E-state index contributed by atoms with van der Waals surface area (Å²) in [5.41, 5.74) is 1.19. The smallest absolute Gasteiger partial charge is 0.264 e. The summed E-state index contributed by atoms with van der Waals surface area (Å²) < 4.78 is 12.0. The molecule has 1 aromatic heterocycles. The van der Waals surface area contributed by atoms with Crippen molar-refractivity contribution >= 4 is 11.7 Å². The highest BCUT2D eigenvalue weighted by molar-refractivity contribution is 6.07. The van der Waals surface area contributed by atoms with Gasteiger partial charge in [0.2, 0.25) is 0 Å². The molecule has 20 heavy (non-hydrogen) atoms. The van der Waals surface area contributed by atoms with E-state index in [4.69, 9.17) is 9.47 Å². The van der Waals surface area contributed by atoms with E-state index >= 15 is 0 Å². The van der Waals surface area contributed by atoms with E-state index in [2.05, 4.69) is 10.4 Å². The van der Waals surface area contributed by atoms with Gasteiger partial charge in [0.25, 0.3) is 5.91 Å². The minimum atomic E-state index is -0.303. The molecule has 0 radical (unpaired) electrons. The molecule has 1 heterocycles. The molecule has 0 aliphatic heterocycles. The fourth-order valence-corrected chi connectivity index (χ4v) is 1.98. The molecule has 0 aliphatic carbocycles. The van der Waals surface area contributed by atoms with Gasteiger partial charge in [-0.3, -0.25) is 9.48 Å². The van der Waals surface area contributed by atoms with Crippen LogP contribution in [0.3, 0.4) is 0 Å². The summed E-state index contributed by atoms with van der Waals surface area (Å²) in [6, 6.07) is 6.99. The van der Waals surface area contributed by atoms with E-state index in [-0.39, 0.29) is 5.91 Å². The topological polar surface area (TPSA) is 65.4 Å². The van der Waals surface area contributed by atoms with Gasteiger partial charge in [-0.15, -0.1) is 0 Å². The number of hydrogen-bond donors (Lipinski definition) is 1. The van der Waals surface area contributed by atoms with Crippen LogP contribution in [0.5, 0.6) is 11.5 Å². The number of hydrogen-bond acceptors (Lipinski definition) is 4. The number of anilines is 1. The molecule has 1 aromatic carbocycles. The van der Waals surface area contributed by atoms with Crippen molar-refractivity contribution in [3.05, 3.63) is 35.5 Å². The summed E-state index contributed by atoms with van der Waals surface area (Å²) in [5.74, 6) is 1.23. The van der Waals surface area contributed by atoms with Crippen molar-refractivity contribution in [2.75, 3.05) is 19.5 Å². The Morgan fingerprint density at radius 3 is 2.30 bits per heavy atom.